The van der Waals surface area contributed by atoms with Gasteiger partial charge in [-0.3, -0.25) is 0 Å². The van der Waals surface area contributed by atoms with Gasteiger partial charge in [-0.25, -0.2) is 0 Å². The van der Waals surface area contributed by atoms with Gasteiger partial charge in [0.25, 0.3) is 0 Å². The molecule has 0 aromatic heterocycles. The molecule has 0 saturated heterocycles. The summed E-state index contributed by atoms with van der Waals surface area (Å²) in [7, 11) is 3.77. The largest absolute Gasteiger partial charge is 0.497 e. The van der Waals surface area contributed by atoms with Crippen LogP contribution in [-0.4, -0.2) is 14.2 Å². The summed E-state index contributed by atoms with van der Waals surface area (Å²) >= 11 is 3.68. The molecule has 1 aromatic carbocycles. The molecule has 3 heteroatoms. The highest BCUT2D eigenvalue weighted by atomic mass is 79.9. The van der Waals surface area contributed by atoms with Gasteiger partial charge in [-0.15, -0.1) is 0 Å². The van der Waals surface area contributed by atoms with E-state index in [1.807, 2.05) is 6.07 Å². The molecule has 0 spiro atoms. The van der Waals surface area contributed by atoms with Crippen molar-refractivity contribution in [3.8, 4) is 5.75 Å². The van der Waals surface area contributed by atoms with Crippen LogP contribution in [0.15, 0.2) is 22.7 Å². The fourth-order valence-corrected chi connectivity index (χ4v) is 3.76. The minimum atomic E-state index is 0.433. The van der Waals surface area contributed by atoms with E-state index >= 15 is 0 Å². The topological polar surface area (TPSA) is 21.3 Å². The van der Waals surface area contributed by atoms with Gasteiger partial charge in [0.15, 0.2) is 0 Å². The van der Waals surface area contributed by atoms with E-state index in [0.29, 0.717) is 6.04 Å². The summed E-state index contributed by atoms with van der Waals surface area (Å²) in [5.74, 6) is 2.44. The standard InChI is InChI=1S/C15H22BrNO/c1-10-5-4-6-12(10)15(17-2)13-8-7-11(18-3)9-14(13)16/h7-10,12,15,17H,4-6H2,1-3H3. The summed E-state index contributed by atoms with van der Waals surface area (Å²) in [4.78, 5) is 0. The second kappa shape index (κ2) is 6.07. The maximum Gasteiger partial charge on any atom is 0.120 e. The molecule has 1 aromatic rings. The van der Waals surface area contributed by atoms with Crippen molar-refractivity contribution in [2.75, 3.05) is 14.2 Å². The van der Waals surface area contributed by atoms with Gasteiger partial charge in [-0.1, -0.05) is 41.8 Å². The Hall–Kier alpha value is -0.540. The van der Waals surface area contributed by atoms with Crippen molar-refractivity contribution in [1.29, 1.82) is 0 Å². The molecule has 0 heterocycles. The minimum absolute atomic E-state index is 0.433. The maximum absolute atomic E-state index is 5.26. The molecule has 1 fully saturated rings. The van der Waals surface area contributed by atoms with Crippen LogP contribution in [-0.2, 0) is 0 Å². The van der Waals surface area contributed by atoms with E-state index in [2.05, 4.69) is 47.4 Å². The first-order valence-corrected chi connectivity index (χ1v) is 7.47. The number of rotatable bonds is 4. The molecule has 1 aliphatic carbocycles. The highest BCUT2D eigenvalue weighted by Crippen LogP contribution is 2.42. The first-order valence-electron chi connectivity index (χ1n) is 6.68. The van der Waals surface area contributed by atoms with E-state index in [1.54, 1.807) is 7.11 Å². The second-order valence-electron chi connectivity index (χ2n) is 5.23. The molecule has 2 rings (SSSR count). The predicted octanol–water partition coefficient (Wildman–Crippen LogP) is 4.15. The third-order valence-corrected chi connectivity index (χ3v) is 4.90. The van der Waals surface area contributed by atoms with Crippen molar-refractivity contribution in [2.45, 2.75) is 32.2 Å². The summed E-state index contributed by atoms with van der Waals surface area (Å²) in [5, 5.41) is 3.50. The van der Waals surface area contributed by atoms with Crippen LogP contribution in [0, 0.1) is 11.8 Å². The molecule has 18 heavy (non-hydrogen) atoms. The molecule has 100 valence electrons. The Kier molecular flexibility index (Phi) is 4.68. The lowest BCUT2D eigenvalue weighted by atomic mass is 9.86. The number of benzene rings is 1. The normalized spacial score (nSPS) is 25.1. The highest BCUT2D eigenvalue weighted by molar-refractivity contribution is 9.10. The van der Waals surface area contributed by atoms with E-state index in [9.17, 15) is 0 Å². The van der Waals surface area contributed by atoms with E-state index in [1.165, 1.54) is 24.8 Å². The molecule has 1 N–H and O–H groups in total. The lowest BCUT2D eigenvalue weighted by Gasteiger charge is -2.28. The van der Waals surface area contributed by atoms with Crippen LogP contribution in [0.5, 0.6) is 5.75 Å². The van der Waals surface area contributed by atoms with Crippen molar-refractivity contribution in [2.24, 2.45) is 11.8 Å². The van der Waals surface area contributed by atoms with Crippen molar-refractivity contribution in [1.82, 2.24) is 5.32 Å². The van der Waals surface area contributed by atoms with Crippen LogP contribution >= 0.6 is 15.9 Å². The summed E-state index contributed by atoms with van der Waals surface area (Å²) in [6, 6.07) is 6.71. The monoisotopic (exact) mass is 311 g/mol. The van der Waals surface area contributed by atoms with Crippen LogP contribution in [0.2, 0.25) is 0 Å². The average Bonchev–Trinajstić information content (AvgIpc) is 2.78. The molecule has 3 atom stereocenters. The molecule has 2 nitrogen and oxygen atoms in total. The second-order valence-corrected chi connectivity index (χ2v) is 6.08. The van der Waals surface area contributed by atoms with Crippen molar-refractivity contribution in [3.05, 3.63) is 28.2 Å². The first kappa shape index (κ1) is 13.9. The summed E-state index contributed by atoms with van der Waals surface area (Å²) < 4.78 is 6.40. The molecule has 0 radical (unpaired) electrons. The van der Waals surface area contributed by atoms with Gasteiger partial charge in [-0.05, 0) is 43.0 Å². The van der Waals surface area contributed by atoms with Gasteiger partial charge < -0.3 is 10.1 Å². The SMILES string of the molecule is CNC(c1ccc(OC)cc1Br)C1CCCC1C. The first-order chi connectivity index (χ1) is 8.67. The van der Waals surface area contributed by atoms with Crippen LogP contribution in [0.4, 0.5) is 0 Å². The summed E-state index contributed by atoms with van der Waals surface area (Å²) in [6.45, 7) is 2.37. The zero-order valence-corrected chi connectivity index (χ0v) is 13.0. The summed E-state index contributed by atoms with van der Waals surface area (Å²) in [6.07, 6.45) is 4.04. The molecule has 1 aliphatic rings. The molecule has 1 saturated carbocycles. The lowest BCUT2D eigenvalue weighted by Crippen LogP contribution is -2.27. The summed E-state index contributed by atoms with van der Waals surface area (Å²) in [5.41, 5.74) is 1.34. The number of hydrogen-bond acceptors (Lipinski definition) is 2. The Morgan fingerprint density at radius 2 is 2.17 bits per heavy atom. The van der Waals surface area contributed by atoms with Crippen molar-refractivity contribution >= 4 is 15.9 Å². The van der Waals surface area contributed by atoms with Crippen LogP contribution in [0.3, 0.4) is 0 Å². The fourth-order valence-electron chi connectivity index (χ4n) is 3.16. The predicted molar refractivity (Wildman–Crippen MR) is 79.0 cm³/mol. The Morgan fingerprint density at radius 3 is 2.67 bits per heavy atom. The van der Waals surface area contributed by atoms with E-state index in [-0.39, 0.29) is 0 Å². The molecular formula is C15H22BrNO. The average molecular weight is 312 g/mol. The number of hydrogen-bond donors (Lipinski definition) is 1. The lowest BCUT2D eigenvalue weighted by molar-refractivity contribution is 0.314. The number of ether oxygens (including phenoxy) is 1. The van der Waals surface area contributed by atoms with Gasteiger partial charge in [0.05, 0.1) is 7.11 Å². The third kappa shape index (κ3) is 2.72. The van der Waals surface area contributed by atoms with Gasteiger partial charge in [0, 0.05) is 10.5 Å². The maximum atomic E-state index is 5.26. The fraction of sp³-hybridized carbons (Fsp3) is 0.600. The molecule has 3 unspecified atom stereocenters. The van der Waals surface area contributed by atoms with E-state index in [4.69, 9.17) is 4.74 Å². The zero-order valence-electron chi connectivity index (χ0n) is 11.4. The molecule has 0 amide bonds. The molecule has 0 bridgehead atoms. The van der Waals surface area contributed by atoms with Gasteiger partial charge in [0.1, 0.15) is 5.75 Å². The molecular weight excluding hydrogens is 290 g/mol. The molecule has 0 aliphatic heterocycles. The van der Waals surface area contributed by atoms with Crippen LogP contribution < -0.4 is 10.1 Å². The van der Waals surface area contributed by atoms with Crippen LogP contribution in [0.1, 0.15) is 37.8 Å². The zero-order chi connectivity index (χ0) is 13.1. The van der Waals surface area contributed by atoms with Gasteiger partial charge in [0.2, 0.25) is 0 Å². The quantitative estimate of drug-likeness (QED) is 0.901. The van der Waals surface area contributed by atoms with Crippen molar-refractivity contribution in [3.63, 3.8) is 0 Å². The van der Waals surface area contributed by atoms with E-state index < -0.39 is 0 Å². The Balaban J connectivity index is 2.27. The van der Waals surface area contributed by atoms with Crippen LogP contribution in [0.25, 0.3) is 0 Å². The van der Waals surface area contributed by atoms with Crippen molar-refractivity contribution < 1.29 is 4.74 Å². The number of methoxy groups -OCH3 is 1. The Bertz CT molecular complexity index is 407. The highest BCUT2D eigenvalue weighted by Gasteiger charge is 2.31. The Morgan fingerprint density at radius 1 is 1.39 bits per heavy atom. The van der Waals surface area contributed by atoms with Gasteiger partial charge >= 0.3 is 0 Å². The Labute approximate surface area is 118 Å². The minimum Gasteiger partial charge on any atom is -0.497 e. The number of nitrogens with one attached hydrogen (secondary N) is 1. The van der Waals surface area contributed by atoms with Gasteiger partial charge in [-0.2, -0.15) is 0 Å². The smallest absolute Gasteiger partial charge is 0.120 e. The third-order valence-electron chi connectivity index (χ3n) is 4.21. The number of halogens is 1. The van der Waals surface area contributed by atoms with E-state index in [0.717, 1.165) is 22.1 Å².